The molecule has 1 saturated carbocycles. The smallest absolute Gasteiger partial charge is 0.246 e. The van der Waals surface area contributed by atoms with Gasteiger partial charge in [0.1, 0.15) is 17.5 Å². The summed E-state index contributed by atoms with van der Waals surface area (Å²) < 4.78 is 20.2. The van der Waals surface area contributed by atoms with Gasteiger partial charge in [0.05, 0.1) is 23.0 Å². The third-order valence-electron chi connectivity index (χ3n) is 10.2. The van der Waals surface area contributed by atoms with Crippen molar-refractivity contribution >= 4 is 35.0 Å². The second-order valence-corrected chi connectivity index (χ2v) is 13.4. The van der Waals surface area contributed by atoms with Gasteiger partial charge in [-0.2, -0.15) is 0 Å². The highest BCUT2D eigenvalue weighted by Gasteiger charge is 2.72. The third kappa shape index (κ3) is 5.54. The second kappa shape index (κ2) is 12.3. The molecule has 0 aromatic heterocycles. The van der Waals surface area contributed by atoms with Crippen LogP contribution in [0.3, 0.4) is 0 Å². The zero-order valence-electron chi connectivity index (χ0n) is 25.3. The molecule has 2 saturated heterocycles. The number of benzene rings is 2. The lowest BCUT2D eigenvalue weighted by Gasteiger charge is -2.38. The molecular formula is C34H40ClFN4O4. The summed E-state index contributed by atoms with van der Waals surface area (Å²) in [5.41, 5.74) is 0.215. The van der Waals surface area contributed by atoms with Gasteiger partial charge in [0.2, 0.25) is 17.7 Å². The minimum absolute atomic E-state index is 0.00399. The maximum atomic E-state index is 14.3. The molecule has 8 atom stereocenters. The Morgan fingerprint density at radius 2 is 1.91 bits per heavy atom. The van der Waals surface area contributed by atoms with Crippen molar-refractivity contribution in [1.82, 2.24) is 15.1 Å². The minimum atomic E-state index is -1.25. The highest BCUT2D eigenvalue weighted by molar-refractivity contribution is 6.31. The summed E-state index contributed by atoms with van der Waals surface area (Å²) in [6.07, 6.45) is 6.01. The van der Waals surface area contributed by atoms with E-state index in [9.17, 15) is 18.8 Å². The van der Waals surface area contributed by atoms with Crippen LogP contribution in [0.2, 0.25) is 5.02 Å². The SMILES string of the molecule is C[C@H]1[C@H](C)CCC[C@@H]1NC(=O)[C@@H]1N(CCN(C)Cc2ccccc2)C(=O)[C@H]2[C@@H](C(=O)Nc3ccc(F)c(Cl)c3)[C@H]3C=C[C@@]12O3. The molecule has 3 fully saturated rings. The molecule has 2 N–H and O–H groups in total. The number of amides is 3. The lowest BCUT2D eigenvalue weighted by atomic mass is 9.73. The number of carbonyl (C=O) groups is 3. The quantitative estimate of drug-likeness (QED) is 0.398. The van der Waals surface area contributed by atoms with Crippen LogP contribution in [-0.4, -0.2) is 71.4 Å². The molecule has 3 heterocycles. The van der Waals surface area contributed by atoms with Gasteiger partial charge in [-0.05, 0) is 49.1 Å². The monoisotopic (exact) mass is 622 g/mol. The zero-order valence-corrected chi connectivity index (χ0v) is 26.1. The average Bonchev–Trinajstić information content (AvgIpc) is 3.64. The number of ether oxygens (including phenoxy) is 1. The van der Waals surface area contributed by atoms with Gasteiger partial charge < -0.3 is 25.2 Å². The Morgan fingerprint density at radius 1 is 1.14 bits per heavy atom. The fourth-order valence-electron chi connectivity index (χ4n) is 7.61. The topological polar surface area (TPSA) is 91.0 Å². The lowest BCUT2D eigenvalue weighted by molar-refractivity contribution is -0.141. The van der Waals surface area contributed by atoms with Crippen LogP contribution in [0.1, 0.15) is 38.7 Å². The molecule has 6 rings (SSSR count). The number of halogens is 2. The summed E-state index contributed by atoms with van der Waals surface area (Å²) in [4.78, 5) is 46.0. The summed E-state index contributed by atoms with van der Waals surface area (Å²) in [5.74, 6) is -2.47. The van der Waals surface area contributed by atoms with Gasteiger partial charge in [0.15, 0.2) is 0 Å². The number of hydrogen-bond acceptors (Lipinski definition) is 5. The summed E-state index contributed by atoms with van der Waals surface area (Å²) in [5, 5.41) is 5.97. The largest absolute Gasteiger partial charge is 0.359 e. The number of carbonyl (C=O) groups excluding carboxylic acids is 3. The van der Waals surface area contributed by atoms with Crippen LogP contribution < -0.4 is 10.6 Å². The van der Waals surface area contributed by atoms with E-state index in [2.05, 4.69) is 41.5 Å². The molecule has 234 valence electrons. The van der Waals surface area contributed by atoms with Gasteiger partial charge in [-0.3, -0.25) is 14.4 Å². The van der Waals surface area contributed by atoms with E-state index in [1.165, 1.54) is 18.2 Å². The van der Waals surface area contributed by atoms with Gasteiger partial charge in [-0.25, -0.2) is 4.39 Å². The molecule has 4 aliphatic rings. The number of anilines is 1. The molecule has 2 aromatic rings. The zero-order chi connectivity index (χ0) is 31.2. The summed E-state index contributed by atoms with van der Waals surface area (Å²) in [7, 11) is 1.99. The van der Waals surface area contributed by atoms with Crippen molar-refractivity contribution in [2.24, 2.45) is 23.7 Å². The molecule has 0 radical (unpaired) electrons. The van der Waals surface area contributed by atoms with E-state index in [0.717, 1.165) is 24.8 Å². The van der Waals surface area contributed by atoms with Gasteiger partial charge in [-0.1, -0.05) is 80.8 Å². The number of rotatable bonds is 9. The van der Waals surface area contributed by atoms with Crippen LogP contribution in [0.15, 0.2) is 60.7 Å². The Bertz CT molecular complexity index is 1460. The van der Waals surface area contributed by atoms with Crippen molar-refractivity contribution in [2.45, 2.75) is 63.4 Å². The van der Waals surface area contributed by atoms with E-state index in [1.54, 1.807) is 11.0 Å². The van der Waals surface area contributed by atoms with Crippen LogP contribution in [0.5, 0.6) is 0 Å². The maximum absolute atomic E-state index is 14.3. The fourth-order valence-corrected chi connectivity index (χ4v) is 7.79. The number of likely N-dealkylation sites (tertiary alicyclic amines) is 1. The Kier molecular flexibility index (Phi) is 8.56. The minimum Gasteiger partial charge on any atom is -0.359 e. The van der Waals surface area contributed by atoms with Crippen LogP contribution in [0.4, 0.5) is 10.1 Å². The van der Waals surface area contributed by atoms with Gasteiger partial charge in [-0.15, -0.1) is 0 Å². The average molecular weight is 623 g/mol. The number of fused-ring (bicyclic) bond motifs is 1. The first-order valence-corrected chi connectivity index (χ1v) is 15.9. The van der Waals surface area contributed by atoms with E-state index < -0.39 is 41.3 Å². The standard InChI is InChI=1S/C34H40ClFN4O4/c1-20-8-7-11-26(21(20)2)38-32(42)30-34-15-14-27(44-34)28(31(41)37-23-12-13-25(36)24(35)18-23)29(34)33(43)40(30)17-16-39(3)19-22-9-5-4-6-10-22/h4-6,9-10,12-15,18,20-21,26-30H,7-8,11,16-17,19H2,1-3H3,(H,37,41)(H,38,42)/t20-,21+,26+,27-,28+,29-,30+,34+/m1/s1. The van der Waals surface area contributed by atoms with Crippen molar-refractivity contribution in [3.63, 3.8) is 0 Å². The van der Waals surface area contributed by atoms with Crippen molar-refractivity contribution in [1.29, 1.82) is 0 Å². The normalized spacial score (nSPS) is 32.3. The molecule has 3 aliphatic heterocycles. The highest BCUT2D eigenvalue weighted by Crippen LogP contribution is 2.55. The Balaban J connectivity index is 1.26. The van der Waals surface area contributed by atoms with E-state index in [0.29, 0.717) is 37.2 Å². The molecule has 10 heteroatoms. The molecular weight excluding hydrogens is 583 g/mol. The highest BCUT2D eigenvalue weighted by atomic mass is 35.5. The molecule has 1 spiro atoms. The van der Waals surface area contributed by atoms with Gasteiger partial charge in [0.25, 0.3) is 0 Å². The predicted octanol–water partition coefficient (Wildman–Crippen LogP) is 4.64. The van der Waals surface area contributed by atoms with Gasteiger partial charge >= 0.3 is 0 Å². The molecule has 2 aromatic carbocycles. The van der Waals surface area contributed by atoms with E-state index in [-0.39, 0.29) is 22.9 Å². The third-order valence-corrected chi connectivity index (χ3v) is 10.5. The molecule has 2 bridgehead atoms. The fraction of sp³-hybridized carbons (Fsp3) is 0.500. The number of hydrogen-bond donors (Lipinski definition) is 2. The first-order chi connectivity index (χ1) is 21.1. The molecule has 3 amide bonds. The van der Waals surface area contributed by atoms with Gasteiger partial charge in [0, 0.05) is 31.4 Å². The predicted molar refractivity (Wildman–Crippen MR) is 166 cm³/mol. The number of nitrogens with zero attached hydrogens (tertiary/aromatic N) is 2. The Hall–Kier alpha value is -3.27. The summed E-state index contributed by atoms with van der Waals surface area (Å²) in [6, 6.07) is 13.1. The summed E-state index contributed by atoms with van der Waals surface area (Å²) in [6.45, 7) is 5.91. The first-order valence-electron chi connectivity index (χ1n) is 15.6. The van der Waals surface area contributed by atoms with Crippen molar-refractivity contribution in [3.8, 4) is 0 Å². The van der Waals surface area contributed by atoms with Crippen LogP contribution in [0, 0.1) is 29.5 Å². The van der Waals surface area contributed by atoms with Crippen molar-refractivity contribution in [3.05, 3.63) is 77.1 Å². The van der Waals surface area contributed by atoms with Crippen LogP contribution >= 0.6 is 11.6 Å². The van der Waals surface area contributed by atoms with Crippen LogP contribution in [0.25, 0.3) is 0 Å². The molecule has 0 unspecified atom stereocenters. The van der Waals surface area contributed by atoms with Crippen LogP contribution in [-0.2, 0) is 25.7 Å². The second-order valence-electron chi connectivity index (χ2n) is 13.0. The molecule has 1 aliphatic carbocycles. The van der Waals surface area contributed by atoms with Crippen molar-refractivity contribution < 1.29 is 23.5 Å². The van der Waals surface area contributed by atoms with E-state index in [4.69, 9.17) is 16.3 Å². The van der Waals surface area contributed by atoms with E-state index >= 15 is 0 Å². The lowest BCUT2D eigenvalue weighted by Crippen LogP contribution is -2.58. The maximum Gasteiger partial charge on any atom is 0.246 e. The molecule has 8 nitrogen and oxygen atoms in total. The summed E-state index contributed by atoms with van der Waals surface area (Å²) >= 11 is 5.94. The number of nitrogens with one attached hydrogen (secondary N) is 2. The number of likely N-dealkylation sites (N-methyl/N-ethyl adjacent to an activating group) is 1. The van der Waals surface area contributed by atoms with Crippen molar-refractivity contribution in [2.75, 3.05) is 25.5 Å². The first kappa shape index (κ1) is 30.7. The molecule has 44 heavy (non-hydrogen) atoms. The Morgan fingerprint density at radius 3 is 2.66 bits per heavy atom. The van der Waals surface area contributed by atoms with E-state index in [1.807, 2.05) is 31.3 Å². The Labute approximate surface area is 262 Å².